The van der Waals surface area contributed by atoms with Crippen LogP contribution in [0.15, 0.2) is 24.3 Å². The third-order valence-electron chi connectivity index (χ3n) is 2.90. The lowest BCUT2D eigenvalue weighted by atomic mass is 10.0. The van der Waals surface area contributed by atoms with Crippen LogP contribution in [0.25, 0.3) is 0 Å². The average molecular weight is 234 g/mol. The van der Waals surface area contributed by atoms with Crippen molar-refractivity contribution in [3.8, 4) is 0 Å². The van der Waals surface area contributed by atoms with Crippen molar-refractivity contribution in [3.63, 3.8) is 0 Å². The molecule has 0 saturated carbocycles. The number of rotatable bonds is 6. The molecule has 3 nitrogen and oxygen atoms in total. The third-order valence-corrected chi connectivity index (χ3v) is 2.90. The second-order valence-electron chi connectivity index (χ2n) is 4.50. The van der Waals surface area contributed by atoms with E-state index in [1.807, 2.05) is 24.3 Å². The first kappa shape index (κ1) is 13.7. The summed E-state index contributed by atoms with van der Waals surface area (Å²) >= 11 is 0. The molecule has 0 fully saturated rings. The van der Waals surface area contributed by atoms with Gasteiger partial charge in [-0.05, 0) is 36.6 Å². The first-order valence-electron chi connectivity index (χ1n) is 6.24. The number of nitrogens with two attached hydrogens (primary N) is 1. The fraction of sp³-hybridized carbons (Fsp3) is 0.500. The first-order valence-corrected chi connectivity index (χ1v) is 6.24. The number of nitrogens with one attached hydrogen (secondary N) is 1. The molecular weight excluding hydrogens is 212 g/mol. The van der Waals surface area contributed by atoms with E-state index in [0.717, 1.165) is 18.5 Å². The highest BCUT2D eigenvalue weighted by molar-refractivity contribution is 5.90. The van der Waals surface area contributed by atoms with E-state index in [4.69, 9.17) is 5.73 Å². The Morgan fingerprint density at radius 3 is 2.53 bits per heavy atom. The molecule has 1 atom stereocenters. The maximum absolute atomic E-state index is 11.7. The SMILES string of the molecule is CCC(C)CC(=O)Nc1ccc(CCN)cc1. The van der Waals surface area contributed by atoms with Crippen LogP contribution in [0.5, 0.6) is 0 Å². The molecule has 1 unspecified atom stereocenters. The Kier molecular flexibility index (Phi) is 5.70. The Bertz CT molecular complexity index is 346. The van der Waals surface area contributed by atoms with Gasteiger partial charge in [0, 0.05) is 12.1 Å². The van der Waals surface area contributed by atoms with Gasteiger partial charge in [-0.25, -0.2) is 0 Å². The van der Waals surface area contributed by atoms with E-state index < -0.39 is 0 Å². The number of hydrogen-bond donors (Lipinski definition) is 2. The number of carbonyl (C=O) groups excluding carboxylic acids is 1. The zero-order chi connectivity index (χ0) is 12.7. The van der Waals surface area contributed by atoms with E-state index in [1.54, 1.807) is 0 Å². The van der Waals surface area contributed by atoms with Crippen molar-refractivity contribution in [1.82, 2.24) is 0 Å². The summed E-state index contributed by atoms with van der Waals surface area (Å²) in [5.41, 5.74) is 7.54. The summed E-state index contributed by atoms with van der Waals surface area (Å²) < 4.78 is 0. The Morgan fingerprint density at radius 1 is 1.35 bits per heavy atom. The van der Waals surface area contributed by atoms with Crippen molar-refractivity contribution in [1.29, 1.82) is 0 Å². The number of amides is 1. The molecule has 0 saturated heterocycles. The molecule has 3 N–H and O–H groups in total. The summed E-state index contributed by atoms with van der Waals surface area (Å²) in [5.74, 6) is 0.525. The highest BCUT2D eigenvalue weighted by Crippen LogP contribution is 2.12. The molecule has 1 aromatic rings. The second-order valence-corrected chi connectivity index (χ2v) is 4.50. The highest BCUT2D eigenvalue weighted by atomic mass is 16.1. The molecule has 0 aliphatic carbocycles. The predicted molar refractivity (Wildman–Crippen MR) is 71.9 cm³/mol. The molecule has 0 radical (unpaired) electrons. The summed E-state index contributed by atoms with van der Waals surface area (Å²) in [6.07, 6.45) is 2.49. The average Bonchev–Trinajstić information content (AvgIpc) is 2.31. The molecule has 0 aliphatic rings. The number of benzene rings is 1. The lowest BCUT2D eigenvalue weighted by Crippen LogP contribution is -2.14. The van der Waals surface area contributed by atoms with E-state index in [0.29, 0.717) is 18.9 Å². The summed E-state index contributed by atoms with van der Waals surface area (Å²) in [7, 11) is 0. The molecule has 0 aromatic heterocycles. The van der Waals surface area contributed by atoms with Crippen LogP contribution in [0.3, 0.4) is 0 Å². The van der Waals surface area contributed by atoms with Gasteiger partial charge in [0.05, 0.1) is 0 Å². The normalized spacial score (nSPS) is 12.2. The van der Waals surface area contributed by atoms with Crippen molar-refractivity contribution >= 4 is 11.6 Å². The van der Waals surface area contributed by atoms with E-state index in [2.05, 4.69) is 19.2 Å². The van der Waals surface area contributed by atoms with E-state index in [9.17, 15) is 4.79 Å². The Hall–Kier alpha value is -1.35. The quantitative estimate of drug-likeness (QED) is 0.794. The molecular formula is C14H22N2O. The molecule has 1 rings (SSSR count). The molecule has 3 heteroatoms. The van der Waals surface area contributed by atoms with Crippen LogP contribution >= 0.6 is 0 Å². The summed E-state index contributed by atoms with van der Waals surface area (Å²) in [4.78, 5) is 11.7. The molecule has 1 amide bonds. The van der Waals surface area contributed by atoms with Gasteiger partial charge in [0.15, 0.2) is 0 Å². The van der Waals surface area contributed by atoms with Crippen LogP contribution in [0.1, 0.15) is 32.3 Å². The molecule has 0 spiro atoms. The van der Waals surface area contributed by atoms with Gasteiger partial charge in [0.25, 0.3) is 0 Å². The standard InChI is InChI=1S/C14H22N2O/c1-3-11(2)10-14(17)16-13-6-4-12(5-7-13)8-9-15/h4-7,11H,3,8-10,15H2,1-2H3,(H,16,17). The van der Waals surface area contributed by atoms with Gasteiger partial charge in [-0.15, -0.1) is 0 Å². The van der Waals surface area contributed by atoms with Gasteiger partial charge in [-0.2, -0.15) is 0 Å². The van der Waals surface area contributed by atoms with E-state index in [-0.39, 0.29) is 5.91 Å². The monoisotopic (exact) mass is 234 g/mol. The zero-order valence-electron chi connectivity index (χ0n) is 10.7. The highest BCUT2D eigenvalue weighted by Gasteiger charge is 2.07. The lowest BCUT2D eigenvalue weighted by molar-refractivity contribution is -0.117. The Labute approximate surface area is 103 Å². The van der Waals surface area contributed by atoms with Gasteiger partial charge in [-0.1, -0.05) is 32.4 Å². The van der Waals surface area contributed by atoms with Gasteiger partial charge in [-0.3, -0.25) is 4.79 Å². The van der Waals surface area contributed by atoms with Crippen LogP contribution in [-0.2, 0) is 11.2 Å². The maximum Gasteiger partial charge on any atom is 0.224 e. The molecule has 0 aliphatic heterocycles. The lowest BCUT2D eigenvalue weighted by Gasteiger charge is -2.09. The smallest absolute Gasteiger partial charge is 0.224 e. The maximum atomic E-state index is 11.7. The molecule has 94 valence electrons. The van der Waals surface area contributed by atoms with Crippen molar-refractivity contribution < 1.29 is 4.79 Å². The summed E-state index contributed by atoms with van der Waals surface area (Å²) in [5, 5.41) is 2.91. The number of hydrogen-bond acceptors (Lipinski definition) is 2. The molecule has 0 bridgehead atoms. The third kappa shape index (κ3) is 5.00. The van der Waals surface area contributed by atoms with Crippen LogP contribution in [0, 0.1) is 5.92 Å². The minimum Gasteiger partial charge on any atom is -0.330 e. The molecule has 1 aromatic carbocycles. The van der Waals surface area contributed by atoms with Crippen molar-refractivity contribution in [2.45, 2.75) is 33.1 Å². The first-order chi connectivity index (χ1) is 8.15. The van der Waals surface area contributed by atoms with Gasteiger partial charge < -0.3 is 11.1 Å². The summed E-state index contributed by atoms with van der Waals surface area (Å²) in [6, 6.07) is 7.87. The fourth-order valence-electron chi connectivity index (χ4n) is 1.59. The predicted octanol–water partition coefficient (Wildman–Crippen LogP) is 2.56. The Morgan fingerprint density at radius 2 is 2.00 bits per heavy atom. The number of anilines is 1. The van der Waals surface area contributed by atoms with E-state index >= 15 is 0 Å². The van der Waals surface area contributed by atoms with Crippen LogP contribution < -0.4 is 11.1 Å². The van der Waals surface area contributed by atoms with Gasteiger partial charge in [0.1, 0.15) is 0 Å². The zero-order valence-corrected chi connectivity index (χ0v) is 10.7. The largest absolute Gasteiger partial charge is 0.330 e. The van der Waals surface area contributed by atoms with Crippen molar-refractivity contribution in [2.75, 3.05) is 11.9 Å². The van der Waals surface area contributed by atoms with Gasteiger partial charge >= 0.3 is 0 Å². The van der Waals surface area contributed by atoms with Crippen molar-refractivity contribution in [2.24, 2.45) is 11.7 Å². The second kappa shape index (κ2) is 7.07. The van der Waals surface area contributed by atoms with Crippen LogP contribution in [0.4, 0.5) is 5.69 Å². The minimum atomic E-state index is 0.0888. The van der Waals surface area contributed by atoms with Gasteiger partial charge in [0.2, 0.25) is 5.91 Å². The van der Waals surface area contributed by atoms with Crippen molar-refractivity contribution in [3.05, 3.63) is 29.8 Å². The van der Waals surface area contributed by atoms with E-state index in [1.165, 1.54) is 5.56 Å². The molecule has 0 heterocycles. The van der Waals surface area contributed by atoms with Crippen LogP contribution in [-0.4, -0.2) is 12.5 Å². The summed E-state index contributed by atoms with van der Waals surface area (Å²) in [6.45, 7) is 4.84. The fourth-order valence-corrected chi connectivity index (χ4v) is 1.59. The number of carbonyl (C=O) groups is 1. The topological polar surface area (TPSA) is 55.1 Å². The Balaban J connectivity index is 2.48. The van der Waals surface area contributed by atoms with Crippen LogP contribution in [0.2, 0.25) is 0 Å². The minimum absolute atomic E-state index is 0.0888. The molecule has 17 heavy (non-hydrogen) atoms.